The van der Waals surface area contributed by atoms with Gasteiger partial charge in [0.1, 0.15) is 23.5 Å². The smallest absolute Gasteiger partial charge is 0.407 e. The predicted molar refractivity (Wildman–Crippen MR) is 202 cm³/mol. The van der Waals surface area contributed by atoms with Crippen LogP contribution in [0.1, 0.15) is 69.7 Å². The van der Waals surface area contributed by atoms with Gasteiger partial charge in [0, 0.05) is 56.4 Å². The summed E-state index contributed by atoms with van der Waals surface area (Å²) in [5.41, 5.74) is 2.47. The van der Waals surface area contributed by atoms with Crippen LogP contribution < -0.4 is 5.32 Å². The lowest BCUT2D eigenvalue weighted by atomic mass is 9.97. The Balaban J connectivity index is 1.13. The SMILES string of the molecule is COC(=O)C[C@H](C(=O)N1CCC[C@H]1c1ncc(-c2cnc(-c3ccc(-c4cnc([C@@H]5CCCN5C(=O)[C@H](NC(=O)OC)[C@@H](C)OC)[nH]4)c(F)c3)nc2)[nH]1)[C@@H](C)OC. The highest BCUT2D eigenvalue weighted by Gasteiger charge is 2.40. The molecule has 0 unspecified atom stereocenters. The van der Waals surface area contributed by atoms with E-state index in [0.29, 0.717) is 65.9 Å². The Hall–Kier alpha value is -5.75. The second-order valence-corrected chi connectivity index (χ2v) is 14.1. The van der Waals surface area contributed by atoms with E-state index in [4.69, 9.17) is 18.9 Å². The van der Waals surface area contributed by atoms with Crippen molar-refractivity contribution in [3.8, 4) is 33.9 Å². The number of imidazole rings is 2. The van der Waals surface area contributed by atoms with E-state index in [1.54, 1.807) is 54.4 Å². The Bertz CT molecular complexity index is 2060. The van der Waals surface area contributed by atoms with Gasteiger partial charge < -0.3 is 44.0 Å². The van der Waals surface area contributed by atoms with Crippen LogP contribution in [0.4, 0.5) is 9.18 Å². The molecule has 3 N–H and O–H groups in total. The number of hydrogen-bond acceptors (Lipinski definition) is 12. The van der Waals surface area contributed by atoms with Crippen LogP contribution in [0.15, 0.2) is 43.0 Å². The molecule has 18 heteroatoms. The van der Waals surface area contributed by atoms with Gasteiger partial charge in [-0.1, -0.05) is 6.07 Å². The standard InChI is InChI=1S/C39H48FN9O8/c1-21(54-3)26(16-32(50)56-5)37(51)48-13-7-9-30(48)35-43-19-28(45-35)24-17-41-34(42-18-24)23-11-12-25(27(40)15-23)29-20-44-36(46-29)31-10-8-14-49(31)38(52)33(22(2)55-4)47-39(53)57-6/h11-12,15,17-22,26,30-31,33H,7-10,13-14,16H2,1-6H3,(H,43,45)(H,44,46)(H,47,53)/t21-,22-,26+,30+,31+,33-/m1/s1. The number of carbonyl (C=O) groups is 4. The van der Waals surface area contributed by atoms with Crippen molar-refractivity contribution in [3.63, 3.8) is 0 Å². The second-order valence-electron chi connectivity index (χ2n) is 14.1. The zero-order valence-corrected chi connectivity index (χ0v) is 32.8. The van der Waals surface area contributed by atoms with Crippen molar-refractivity contribution >= 4 is 23.9 Å². The molecule has 0 aliphatic carbocycles. The molecule has 0 bridgehead atoms. The van der Waals surface area contributed by atoms with E-state index in [1.165, 1.54) is 40.7 Å². The number of aromatic nitrogens is 6. The number of rotatable bonds is 14. The maximum Gasteiger partial charge on any atom is 0.407 e. The molecule has 304 valence electrons. The van der Waals surface area contributed by atoms with Crippen LogP contribution in [0.5, 0.6) is 0 Å². The molecule has 0 radical (unpaired) electrons. The van der Waals surface area contributed by atoms with Crippen molar-refractivity contribution in [2.24, 2.45) is 5.92 Å². The molecule has 4 aromatic rings. The molecule has 2 saturated heterocycles. The molecule has 2 aliphatic rings. The highest BCUT2D eigenvalue weighted by molar-refractivity contribution is 5.87. The summed E-state index contributed by atoms with van der Waals surface area (Å²) in [5.74, 6) is -0.815. The maximum absolute atomic E-state index is 15.7. The average molecular weight is 790 g/mol. The van der Waals surface area contributed by atoms with Crippen LogP contribution >= 0.6 is 0 Å². The number of esters is 1. The molecule has 2 aliphatic heterocycles. The quantitative estimate of drug-likeness (QED) is 0.152. The fourth-order valence-electron chi connectivity index (χ4n) is 7.39. The number of nitrogens with zero attached hydrogens (tertiary/aromatic N) is 6. The number of carbonyl (C=O) groups excluding carboxylic acids is 4. The van der Waals surface area contributed by atoms with Gasteiger partial charge in [-0.3, -0.25) is 14.4 Å². The molecular formula is C39H48FN9O8. The van der Waals surface area contributed by atoms with Crippen LogP contribution in [0.3, 0.4) is 0 Å². The Labute approximate surface area is 329 Å². The van der Waals surface area contributed by atoms with E-state index in [0.717, 1.165) is 12.8 Å². The summed E-state index contributed by atoms with van der Waals surface area (Å²) >= 11 is 0. The number of halogens is 1. The van der Waals surface area contributed by atoms with Crippen molar-refractivity contribution < 1.29 is 42.5 Å². The number of H-pyrrole nitrogens is 2. The normalized spacial score (nSPS) is 18.9. The minimum Gasteiger partial charge on any atom is -0.469 e. The van der Waals surface area contributed by atoms with Crippen molar-refractivity contribution in [1.29, 1.82) is 0 Å². The van der Waals surface area contributed by atoms with E-state index in [9.17, 15) is 19.2 Å². The number of hydrogen-bond donors (Lipinski definition) is 3. The van der Waals surface area contributed by atoms with Crippen molar-refractivity contribution in [1.82, 2.24) is 45.0 Å². The molecule has 2 fully saturated rings. The Morgan fingerprint density at radius 2 is 1.39 bits per heavy atom. The third kappa shape index (κ3) is 8.81. The summed E-state index contributed by atoms with van der Waals surface area (Å²) in [6.07, 6.45) is 7.31. The van der Waals surface area contributed by atoms with Crippen molar-refractivity contribution in [2.75, 3.05) is 41.5 Å². The first-order chi connectivity index (χ1) is 27.5. The van der Waals surface area contributed by atoms with Crippen LogP contribution in [0, 0.1) is 11.7 Å². The molecule has 6 rings (SSSR count). The molecule has 3 aromatic heterocycles. The Morgan fingerprint density at radius 3 is 1.96 bits per heavy atom. The minimum atomic E-state index is -0.971. The number of likely N-dealkylation sites (tertiary alicyclic amines) is 2. The monoisotopic (exact) mass is 789 g/mol. The number of benzene rings is 1. The minimum absolute atomic E-state index is 0.0875. The molecular weight excluding hydrogens is 741 g/mol. The summed E-state index contributed by atoms with van der Waals surface area (Å²) in [4.78, 5) is 79.3. The maximum atomic E-state index is 15.7. The van der Waals surface area contributed by atoms with Gasteiger partial charge in [0.15, 0.2) is 5.82 Å². The first-order valence-electron chi connectivity index (χ1n) is 18.8. The molecule has 6 atom stereocenters. The summed E-state index contributed by atoms with van der Waals surface area (Å²) in [7, 11) is 5.47. The molecule has 57 heavy (non-hydrogen) atoms. The fourth-order valence-corrected chi connectivity index (χ4v) is 7.39. The number of ether oxygens (including phenoxy) is 4. The molecule has 0 saturated carbocycles. The van der Waals surface area contributed by atoms with Gasteiger partial charge >= 0.3 is 12.1 Å². The van der Waals surface area contributed by atoms with E-state index < -0.39 is 48.1 Å². The molecule has 0 spiro atoms. The van der Waals surface area contributed by atoms with E-state index in [-0.39, 0.29) is 29.8 Å². The summed E-state index contributed by atoms with van der Waals surface area (Å²) in [6.45, 7) is 4.42. The zero-order valence-electron chi connectivity index (χ0n) is 32.8. The predicted octanol–water partition coefficient (Wildman–Crippen LogP) is 4.36. The molecule has 3 amide bonds. The van der Waals surface area contributed by atoms with Crippen LogP contribution in [-0.2, 0) is 33.3 Å². The van der Waals surface area contributed by atoms with E-state index >= 15 is 4.39 Å². The van der Waals surface area contributed by atoms with Crippen molar-refractivity contribution in [3.05, 3.63) is 60.5 Å². The van der Waals surface area contributed by atoms with Gasteiger partial charge in [-0.2, -0.15) is 0 Å². The highest BCUT2D eigenvalue weighted by atomic mass is 19.1. The van der Waals surface area contributed by atoms with Gasteiger partial charge in [0.25, 0.3) is 0 Å². The number of methoxy groups -OCH3 is 4. The molecule has 1 aromatic carbocycles. The lowest BCUT2D eigenvalue weighted by Crippen LogP contribution is -2.54. The number of aromatic amines is 2. The number of nitrogens with one attached hydrogen (secondary N) is 3. The highest BCUT2D eigenvalue weighted by Crippen LogP contribution is 2.35. The Morgan fingerprint density at radius 1 is 0.789 bits per heavy atom. The summed E-state index contributed by atoms with van der Waals surface area (Å²) in [5, 5.41) is 2.57. The lowest BCUT2D eigenvalue weighted by Gasteiger charge is -2.30. The number of amides is 3. The van der Waals surface area contributed by atoms with Gasteiger partial charge in [-0.05, 0) is 51.7 Å². The fraction of sp³-hybridized carbons (Fsp3) is 0.487. The molecule has 5 heterocycles. The Kier molecular flexibility index (Phi) is 12.9. The van der Waals surface area contributed by atoms with E-state index in [2.05, 4.69) is 35.2 Å². The summed E-state index contributed by atoms with van der Waals surface area (Å²) in [6, 6.07) is 2.99. The molecule has 17 nitrogen and oxygen atoms in total. The van der Waals surface area contributed by atoms with Crippen LogP contribution in [-0.4, -0.2) is 123 Å². The lowest BCUT2D eigenvalue weighted by molar-refractivity contribution is -0.151. The van der Waals surface area contributed by atoms with Gasteiger partial charge in [-0.25, -0.2) is 29.1 Å². The van der Waals surface area contributed by atoms with Crippen molar-refractivity contribution in [2.45, 2.75) is 76.3 Å². The third-order valence-electron chi connectivity index (χ3n) is 10.8. The van der Waals surface area contributed by atoms with Gasteiger partial charge in [0.05, 0.1) is 74.6 Å². The first-order valence-corrected chi connectivity index (χ1v) is 18.8. The number of alkyl carbamates (subject to hydrolysis) is 1. The van der Waals surface area contributed by atoms with Gasteiger partial charge in [-0.15, -0.1) is 0 Å². The van der Waals surface area contributed by atoms with Crippen LogP contribution in [0.25, 0.3) is 33.9 Å². The van der Waals surface area contributed by atoms with E-state index in [1.807, 2.05) is 0 Å². The zero-order chi connectivity index (χ0) is 40.8. The average Bonchev–Trinajstić information content (AvgIpc) is 4.07. The first kappa shape index (κ1) is 40.9. The largest absolute Gasteiger partial charge is 0.469 e. The van der Waals surface area contributed by atoms with Crippen LogP contribution in [0.2, 0.25) is 0 Å². The topological polar surface area (TPSA) is 207 Å². The summed E-state index contributed by atoms with van der Waals surface area (Å²) < 4.78 is 36.0. The van der Waals surface area contributed by atoms with Gasteiger partial charge in [0.2, 0.25) is 11.8 Å². The third-order valence-corrected chi connectivity index (χ3v) is 10.8. The second kappa shape index (κ2) is 18.0.